The third-order valence-electron chi connectivity index (χ3n) is 3.80. The Balaban J connectivity index is 1.96. The molecule has 0 amide bonds. The molecule has 0 aliphatic heterocycles. The Morgan fingerprint density at radius 2 is 2.32 bits per heavy atom. The van der Waals surface area contributed by atoms with E-state index in [1.54, 1.807) is 0 Å². The SMILES string of the molecule is Cc1nn(Cc2cccc(Cl)c2)c2c1C(N)CCC2. The molecule has 3 nitrogen and oxygen atoms in total. The summed E-state index contributed by atoms with van der Waals surface area (Å²) in [5, 5.41) is 5.43. The standard InChI is InChI=1S/C15H18ClN3/c1-10-15-13(17)6-3-7-14(15)19(18-10)9-11-4-2-5-12(16)8-11/h2,4-5,8,13H,3,6-7,9,17H2,1H3. The summed E-state index contributed by atoms with van der Waals surface area (Å²) in [4.78, 5) is 0. The van der Waals surface area contributed by atoms with E-state index in [0.717, 1.165) is 36.5 Å². The molecule has 0 radical (unpaired) electrons. The first-order valence-electron chi connectivity index (χ1n) is 6.71. The highest BCUT2D eigenvalue weighted by molar-refractivity contribution is 6.30. The summed E-state index contributed by atoms with van der Waals surface area (Å²) >= 11 is 6.03. The second-order valence-corrected chi connectivity index (χ2v) is 5.67. The van der Waals surface area contributed by atoms with E-state index in [2.05, 4.69) is 22.8 Å². The van der Waals surface area contributed by atoms with Crippen LogP contribution in [-0.4, -0.2) is 9.78 Å². The van der Waals surface area contributed by atoms with Crippen molar-refractivity contribution >= 4 is 11.6 Å². The number of nitrogens with zero attached hydrogens (tertiary/aromatic N) is 2. The topological polar surface area (TPSA) is 43.8 Å². The maximum atomic E-state index is 6.20. The molecule has 0 saturated carbocycles. The second-order valence-electron chi connectivity index (χ2n) is 5.23. The van der Waals surface area contributed by atoms with Crippen molar-refractivity contribution in [1.82, 2.24) is 9.78 Å². The van der Waals surface area contributed by atoms with Gasteiger partial charge in [-0.1, -0.05) is 23.7 Å². The van der Waals surface area contributed by atoms with Crippen LogP contribution in [0.2, 0.25) is 5.02 Å². The van der Waals surface area contributed by atoms with Gasteiger partial charge in [0, 0.05) is 22.3 Å². The first-order valence-corrected chi connectivity index (χ1v) is 7.09. The number of hydrogen-bond acceptors (Lipinski definition) is 2. The molecule has 1 aliphatic carbocycles. The van der Waals surface area contributed by atoms with E-state index < -0.39 is 0 Å². The molecule has 100 valence electrons. The molecule has 1 aromatic heterocycles. The summed E-state index contributed by atoms with van der Waals surface area (Å²) in [6, 6.07) is 8.10. The van der Waals surface area contributed by atoms with Crippen LogP contribution in [0.15, 0.2) is 24.3 Å². The maximum Gasteiger partial charge on any atom is 0.0663 e. The van der Waals surface area contributed by atoms with Gasteiger partial charge in [-0.15, -0.1) is 0 Å². The highest BCUT2D eigenvalue weighted by atomic mass is 35.5. The lowest BCUT2D eigenvalue weighted by molar-refractivity contribution is 0.537. The van der Waals surface area contributed by atoms with Crippen LogP contribution in [0.5, 0.6) is 0 Å². The van der Waals surface area contributed by atoms with Gasteiger partial charge in [0.15, 0.2) is 0 Å². The van der Waals surface area contributed by atoms with Crippen molar-refractivity contribution in [2.45, 2.75) is 38.8 Å². The van der Waals surface area contributed by atoms with Gasteiger partial charge in [0.1, 0.15) is 0 Å². The average Bonchev–Trinajstić information content (AvgIpc) is 2.68. The molecule has 1 heterocycles. The van der Waals surface area contributed by atoms with E-state index in [1.807, 2.05) is 18.2 Å². The lowest BCUT2D eigenvalue weighted by Crippen LogP contribution is -2.19. The van der Waals surface area contributed by atoms with Gasteiger partial charge in [-0.3, -0.25) is 4.68 Å². The van der Waals surface area contributed by atoms with Crippen molar-refractivity contribution in [3.05, 3.63) is 51.8 Å². The predicted molar refractivity (Wildman–Crippen MR) is 77.4 cm³/mol. The molecule has 0 saturated heterocycles. The molecule has 0 spiro atoms. The number of halogens is 1. The number of benzene rings is 1. The molecule has 1 atom stereocenters. The van der Waals surface area contributed by atoms with Crippen molar-refractivity contribution in [2.75, 3.05) is 0 Å². The third kappa shape index (κ3) is 2.40. The summed E-state index contributed by atoms with van der Waals surface area (Å²) in [5.74, 6) is 0. The lowest BCUT2D eigenvalue weighted by atomic mass is 9.92. The number of rotatable bonds is 2. The van der Waals surface area contributed by atoms with Crippen LogP contribution in [0.3, 0.4) is 0 Å². The van der Waals surface area contributed by atoms with Crippen LogP contribution < -0.4 is 5.73 Å². The van der Waals surface area contributed by atoms with E-state index in [-0.39, 0.29) is 6.04 Å². The molecule has 2 N–H and O–H groups in total. The monoisotopic (exact) mass is 275 g/mol. The summed E-state index contributed by atoms with van der Waals surface area (Å²) in [7, 11) is 0. The zero-order valence-electron chi connectivity index (χ0n) is 11.1. The normalized spacial score (nSPS) is 18.4. The Morgan fingerprint density at radius 1 is 1.47 bits per heavy atom. The maximum absolute atomic E-state index is 6.20. The number of aromatic nitrogens is 2. The Hall–Kier alpha value is -1.32. The Morgan fingerprint density at radius 3 is 3.11 bits per heavy atom. The van der Waals surface area contributed by atoms with E-state index in [1.165, 1.54) is 16.8 Å². The largest absolute Gasteiger partial charge is 0.324 e. The molecular formula is C15H18ClN3. The number of nitrogens with two attached hydrogens (primary N) is 1. The van der Waals surface area contributed by atoms with E-state index >= 15 is 0 Å². The van der Waals surface area contributed by atoms with Gasteiger partial charge in [0.2, 0.25) is 0 Å². The van der Waals surface area contributed by atoms with Crippen LogP contribution in [0.4, 0.5) is 0 Å². The molecule has 1 aliphatic rings. The minimum atomic E-state index is 0.150. The van der Waals surface area contributed by atoms with Crippen molar-refractivity contribution < 1.29 is 0 Å². The van der Waals surface area contributed by atoms with Crippen molar-refractivity contribution in [3.8, 4) is 0 Å². The predicted octanol–water partition coefficient (Wildman–Crippen LogP) is 3.23. The van der Waals surface area contributed by atoms with Gasteiger partial charge < -0.3 is 5.73 Å². The zero-order valence-corrected chi connectivity index (χ0v) is 11.8. The molecule has 1 unspecified atom stereocenters. The number of aryl methyl sites for hydroxylation is 1. The Labute approximate surface area is 118 Å². The summed E-state index contributed by atoms with van der Waals surface area (Å²) in [5.41, 5.74) is 11.0. The molecule has 1 aromatic carbocycles. The second kappa shape index (κ2) is 4.99. The summed E-state index contributed by atoms with van der Waals surface area (Å²) < 4.78 is 2.09. The van der Waals surface area contributed by atoms with E-state index in [4.69, 9.17) is 17.3 Å². The minimum Gasteiger partial charge on any atom is -0.324 e. The molecule has 2 aromatic rings. The van der Waals surface area contributed by atoms with Gasteiger partial charge in [-0.05, 0) is 43.9 Å². The summed E-state index contributed by atoms with van der Waals surface area (Å²) in [6.07, 6.45) is 3.29. The first-order chi connectivity index (χ1) is 9.15. The lowest BCUT2D eigenvalue weighted by Gasteiger charge is -2.20. The van der Waals surface area contributed by atoms with Crippen LogP contribution in [0.1, 0.15) is 41.4 Å². The van der Waals surface area contributed by atoms with Gasteiger partial charge in [-0.2, -0.15) is 5.10 Å². The van der Waals surface area contributed by atoms with Gasteiger partial charge in [-0.25, -0.2) is 0 Å². The molecule has 3 rings (SSSR count). The fourth-order valence-electron chi connectivity index (χ4n) is 2.96. The Bertz CT molecular complexity index is 603. The molecule has 0 bridgehead atoms. The highest BCUT2D eigenvalue weighted by Crippen LogP contribution is 2.30. The van der Waals surface area contributed by atoms with Crippen molar-refractivity contribution in [2.24, 2.45) is 5.73 Å². The number of hydrogen-bond donors (Lipinski definition) is 1. The fourth-order valence-corrected chi connectivity index (χ4v) is 3.17. The first kappa shape index (κ1) is 12.7. The van der Waals surface area contributed by atoms with Gasteiger partial charge in [0.25, 0.3) is 0 Å². The molecule has 19 heavy (non-hydrogen) atoms. The quantitative estimate of drug-likeness (QED) is 0.914. The number of fused-ring (bicyclic) bond motifs is 1. The van der Waals surface area contributed by atoms with E-state index in [0.29, 0.717) is 0 Å². The van der Waals surface area contributed by atoms with E-state index in [9.17, 15) is 0 Å². The molecule has 4 heteroatoms. The highest BCUT2D eigenvalue weighted by Gasteiger charge is 2.24. The van der Waals surface area contributed by atoms with Crippen LogP contribution >= 0.6 is 11.6 Å². The minimum absolute atomic E-state index is 0.150. The third-order valence-corrected chi connectivity index (χ3v) is 4.04. The van der Waals surface area contributed by atoms with Crippen LogP contribution in [0.25, 0.3) is 0 Å². The van der Waals surface area contributed by atoms with Crippen LogP contribution in [-0.2, 0) is 13.0 Å². The zero-order chi connectivity index (χ0) is 13.4. The summed E-state index contributed by atoms with van der Waals surface area (Å²) in [6.45, 7) is 2.82. The van der Waals surface area contributed by atoms with Crippen molar-refractivity contribution in [1.29, 1.82) is 0 Å². The molecule has 0 fully saturated rings. The smallest absolute Gasteiger partial charge is 0.0663 e. The average molecular weight is 276 g/mol. The van der Waals surface area contributed by atoms with Gasteiger partial charge >= 0.3 is 0 Å². The fraction of sp³-hybridized carbons (Fsp3) is 0.400. The van der Waals surface area contributed by atoms with Crippen LogP contribution in [0, 0.1) is 6.92 Å². The van der Waals surface area contributed by atoms with Gasteiger partial charge in [0.05, 0.1) is 12.2 Å². The van der Waals surface area contributed by atoms with Crippen molar-refractivity contribution in [3.63, 3.8) is 0 Å². The molecular weight excluding hydrogens is 258 g/mol. The Kier molecular flexibility index (Phi) is 3.33.